The molecule has 1 aliphatic carbocycles. The van der Waals surface area contributed by atoms with E-state index >= 15 is 0 Å². The Morgan fingerprint density at radius 2 is 1.93 bits per heavy atom. The van der Waals surface area contributed by atoms with Gasteiger partial charge in [0.1, 0.15) is 9.08 Å². The first-order valence-electron chi connectivity index (χ1n) is 4.70. The fourth-order valence-electron chi connectivity index (χ4n) is 1.20. The van der Waals surface area contributed by atoms with Gasteiger partial charge in [0.2, 0.25) is 0 Å². The quantitative estimate of drug-likeness (QED) is 0.624. The van der Waals surface area contributed by atoms with E-state index in [2.05, 4.69) is 4.72 Å². The molecule has 1 aliphatic rings. The Morgan fingerprint density at radius 3 is 2.21 bits per heavy atom. The van der Waals surface area contributed by atoms with Crippen molar-refractivity contribution in [2.24, 2.45) is 5.92 Å². The molecule has 1 fully saturated rings. The fraction of sp³-hybridized carbons (Fsp3) is 1.00. The molecule has 0 unspecified atom stereocenters. The first-order chi connectivity index (χ1) is 6.14. The molecule has 0 amide bonds. The maximum absolute atomic E-state index is 11.7. The van der Waals surface area contributed by atoms with Gasteiger partial charge in [0.15, 0.2) is 0 Å². The highest BCUT2D eigenvalue weighted by molar-refractivity contribution is 7.90. The van der Waals surface area contributed by atoms with Crippen LogP contribution in [-0.4, -0.2) is 19.7 Å². The standard InChI is InChI=1S/C9H17Cl2NOS/c1-6(7-5-9(7,10)11)12-14(13)8(2,3)4/h6-7,12H,5H2,1-4H3/t6-,7-,14-/m0/s1. The molecular formula is C9H17Cl2NOS. The van der Waals surface area contributed by atoms with Crippen LogP contribution in [0.1, 0.15) is 34.1 Å². The van der Waals surface area contributed by atoms with Gasteiger partial charge in [0.05, 0.1) is 6.04 Å². The second-order valence-electron chi connectivity index (χ2n) is 4.86. The molecule has 5 heteroatoms. The van der Waals surface area contributed by atoms with Gasteiger partial charge < -0.3 is 4.55 Å². The van der Waals surface area contributed by atoms with E-state index in [-0.39, 0.29) is 16.7 Å². The largest absolute Gasteiger partial charge is 0.598 e. The first kappa shape index (κ1) is 12.9. The van der Waals surface area contributed by atoms with Crippen LogP contribution in [0.15, 0.2) is 0 Å². The van der Waals surface area contributed by atoms with Crippen LogP contribution in [0.5, 0.6) is 0 Å². The molecule has 0 aliphatic heterocycles. The monoisotopic (exact) mass is 257 g/mol. The number of halogens is 2. The normalized spacial score (nSPS) is 29.8. The average Bonchev–Trinajstić information content (AvgIpc) is 2.57. The third kappa shape index (κ3) is 3.17. The molecular weight excluding hydrogens is 241 g/mol. The maximum Gasteiger partial charge on any atom is 0.136 e. The van der Waals surface area contributed by atoms with Crippen LogP contribution in [-0.2, 0) is 11.4 Å². The van der Waals surface area contributed by atoms with Crippen molar-refractivity contribution in [2.45, 2.75) is 49.2 Å². The SMILES string of the molecule is C[C@H](N[S@@+]([O-])C(C)(C)C)[C@@H]1CC1(Cl)Cl. The Hall–Kier alpha value is 0.850. The molecule has 2 nitrogen and oxygen atoms in total. The van der Waals surface area contributed by atoms with E-state index in [1.807, 2.05) is 27.7 Å². The lowest BCUT2D eigenvalue weighted by atomic mass is 10.2. The molecule has 0 heterocycles. The van der Waals surface area contributed by atoms with Crippen LogP contribution in [0.3, 0.4) is 0 Å². The molecule has 0 aromatic carbocycles. The van der Waals surface area contributed by atoms with Crippen molar-refractivity contribution in [3.8, 4) is 0 Å². The highest BCUT2D eigenvalue weighted by Crippen LogP contribution is 2.54. The van der Waals surface area contributed by atoms with E-state index in [0.29, 0.717) is 0 Å². The van der Waals surface area contributed by atoms with E-state index in [1.54, 1.807) is 0 Å². The van der Waals surface area contributed by atoms with E-state index in [4.69, 9.17) is 23.2 Å². The fourth-order valence-corrected chi connectivity index (χ4v) is 2.77. The van der Waals surface area contributed by atoms with Crippen molar-refractivity contribution in [2.75, 3.05) is 0 Å². The van der Waals surface area contributed by atoms with E-state index in [1.165, 1.54) is 0 Å². The zero-order valence-corrected chi connectivity index (χ0v) is 11.3. The molecule has 0 spiro atoms. The zero-order valence-electron chi connectivity index (χ0n) is 8.93. The summed E-state index contributed by atoms with van der Waals surface area (Å²) in [4.78, 5) is 0. The van der Waals surface area contributed by atoms with Crippen LogP contribution >= 0.6 is 23.2 Å². The number of hydrogen-bond acceptors (Lipinski definition) is 2. The summed E-state index contributed by atoms with van der Waals surface area (Å²) in [5, 5.41) is 0. The van der Waals surface area contributed by atoms with Gasteiger partial charge in [-0.2, -0.15) is 0 Å². The molecule has 14 heavy (non-hydrogen) atoms. The van der Waals surface area contributed by atoms with Crippen LogP contribution < -0.4 is 4.72 Å². The Morgan fingerprint density at radius 1 is 1.50 bits per heavy atom. The Kier molecular flexibility index (Phi) is 3.71. The maximum atomic E-state index is 11.7. The molecule has 0 bridgehead atoms. The molecule has 0 saturated heterocycles. The molecule has 0 aromatic heterocycles. The van der Waals surface area contributed by atoms with Gasteiger partial charge in [-0.25, -0.2) is 0 Å². The van der Waals surface area contributed by atoms with E-state index < -0.39 is 15.7 Å². The molecule has 3 atom stereocenters. The predicted octanol–water partition coefficient (Wildman–Crippen LogP) is 2.62. The average molecular weight is 258 g/mol. The molecule has 1 saturated carbocycles. The van der Waals surface area contributed by atoms with Crippen LogP contribution in [0, 0.1) is 5.92 Å². The highest BCUT2D eigenvalue weighted by Gasteiger charge is 2.55. The summed E-state index contributed by atoms with van der Waals surface area (Å²) >= 11 is 10.8. The predicted molar refractivity (Wildman–Crippen MR) is 63.0 cm³/mol. The van der Waals surface area contributed by atoms with Gasteiger partial charge in [-0.05, 0) is 34.1 Å². The van der Waals surface area contributed by atoms with Gasteiger partial charge in [-0.1, -0.05) is 0 Å². The van der Waals surface area contributed by atoms with Crippen LogP contribution in [0.4, 0.5) is 0 Å². The summed E-state index contributed by atoms with van der Waals surface area (Å²) in [6, 6.07) is 0.102. The molecule has 0 aromatic rings. The lowest BCUT2D eigenvalue weighted by Gasteiger charge is -2.26. The second kappa shape index (κ2) is 4.02. The molecule has 1 N–H and O–H groups in total. The number of alkyl halides is 2. The number of nitrogens with one attached hydrogen (secondary N) is 1. The summed E-state index contributed by atoms with van der Waals surface area (Å²) in [5.74, 6) is 0.220. The van der Waals surface area contributed by atoms with E-state index in [0.717, 1.165) is 6.42 Å². The van der Waals surface area contributed by atoms with Crippen LogP contribution in [0.25, 0.3) is 0 Å². The summed E-state index contributed by atoms with van der Waals surface area (Å²) in [5.41, 5.74) is 0. The van der Waals surface area contributed by atoms with Gasteiger partial charge >= 0.3 is 0 Å². The van der Waals surface area contributed by atoms with Crippen molar-refractivity contribution < 1.29 is 4.55 Å². The zero-order chi connectivity index (χ0) is 11.1. The molecule has 0 radical (unpaired) electrons. The molecule has 84 valence electrons. The Bertz CT molecular complexity index is 217. The van der Waals surface area contributed by atoms with Crippen molar-refractivity contribution >= 4 is 34.6 Å². The van der Waals surface area contributed by atoms with Gasteiger partial charge in [0, 0.05) is 17.3 Å². The van der Waals surface area contributed by atoms with Gasteiger partial charge in [-0.15, -0.1) is 27.9 Å². The van der Waals surface area contributed by atoms with Gasteiger partial charge in [-0.3, -0.25) is 0 Å². The topological polar surface area (TPSA) is 35.1 Å². The Balaban J connectivity index is 2.39. The summed E-state index contributed by atoms with van der Waals surface area (Å²) in [6.07, 6.45) is 0.783. The lowest BCUT2D eigenvalue weighted by Crippen LogP contribution is -2.44. The number of rotatable bonds is 3. The summed E-state index contributed by atoms with van der Waals surface area (Å²) < 4.78 is 13.9. The van der Waals surface area contributed by atoms with Gasteiger partial charge in [0.25, 0.3) is 0 Å². The minimum atomic E-state index is -1.05. The van der Waals surface area contributed by atoms with Crippen molar-refractivity contribution in [3.63, 3.8) is 0 Å². The summed E-state index contributed by atoms with van der Waals surface area (Å²) in [6.45, 7) is 7.78. The highest BCUT2D eigenvalue weighted by atomic mass is 35.5. The third-order valence-electron chi connectivity index (χ3n) is 2.33. The van der Waals surface area contributed by atoms with Crippen molar-refractivity contribution in [1.82, 2.24) is 4.72 Å². The minimum absolute atomic E-state index is 0.102. The van der Waals surface area contributed by atoms with E-state index in [9.17, 15) is 4.55 Å². The second-order valence-corrected chi connectivity index (χ2v) is 8.40. The van der Waals surface area contributed by atoms with Crippen molar-refractivity contribution in [1.29, 1.82) is 0 Å². The summed E-state index contributed by atoms with van der Waals surface area (Å²) in [7, 11) is 0. The Labute approximate surface area is 99.0 Å². The minimum Gasteiger partial charge on any atom is -0.598 e. The van der Waals surface area contributed by atoms with Crippen LogP contribution in [0.2, 0.25) is 0 Å². The smallest absolute Gasteiger partial charge is 0.136 e. The third-order valence-corrected chi connectivity index (χ3v) is 4.89. The first-order valence-corrected chi connectivity index (χ1v) is 6.61. The lowest BCUT2D eigenvalue weighted by molar-refractivity contribution is 0.509. The molecule has 1 rings (SSSR count). The van der Waals surface area contributed by atoms with Crippen molar-refractivity contribution in [3.05, 3.63) is 0 Å². The number of hydrogen-bond donors (Lipinski definition) is 1.